The van der Waals surface area contributed by atoms with Gasteiger partial charge in [0.1, 0.15) is 0 Å². The predicted octanol–water partition coefficient (Wildman–Crippen LogP) is 1.07. The molecule has 0 bridgehead atoms. The summed E-state index contributed by atoms with van der Waals surface area (Å²) >= 11 is 0. The van der Waals surface area contributed by atoms with Gasteiger partial charge in [-0.15, -0.1) is 0 Å². The molecule has 0 amide bonds. The Labute approximate surface area is 126 Å². The second-order valence-corrected chi connectivity index (χ2v) is 7.72. The molecule has 1 aliphatic heterocycles. The zero-order valence-corrected chi connectivity index (χ0v) is 13.2. The number of rotatable bonds is 5. The first-order valence-electron chi connectivity index (χ1n) is 7.36. The first-order valence-corrected chi connectivity index (χ1v) is 8.97. The highest BCUT2D eigenvalue weighted by atomic mass is 32.2. The molecule has 1 aromatic carbocycles. The predicted molar refractivity (Wildman–Crippen MR) is 82.9 cm³/mol. The second-order valence-electron chi connectivity index (χ2n) is 5.75. The SMILES string of the molecule is CC(O)C1CCN(S(=O)(=O)Cc2ccc(CN)cc2)CC1. The number of benzene rings is 1. The van der Waals surface area contributed by atoms with Crippen LogP contribution in [0.1, 0.15) is 30.9 Å². The van der Waals surface area contributed by atoms with E-state index in [-0.39, 0.29) is 17.8 Å². The summed E-state index contributed by atoms with van der Waals surface area (Å²) in [6.45, 7) is 3.23. The van der Waals surface area contributed by atoms with Gasteiger partial charge >= 0.3 is 0 Å². The summed E-state index contributed by atoms with van der Waals surface area (Å²) in [4.78, 5) is 0. The number of hydrogen-bond donors (Lipinski definition) is 2. The molecule has 1 aliphatic rings. The molecular formula is C15H24N2O3S. The van der Waals surface area contributed by atoms with E-state index in [2.05, 4.69) is 0 Å². The van der Waals surface area contributed by atoms with Crippen molar-refractivity contribution in [1.82, 2.24) is 4.31 Å². The van der Waals surface area contributed by atoms with E-state index in [0.29, 0.717) is 19.6 Å². The average molecular weight is 312 g/mol. The van der Waals surface area contributed by atoms with Gasteiger partial charge < -0.3 is 10.8 Å². The zero-order valence-electron chi connectivity index (χ0n) is 12.4. The van der Waals surface area contributed by atoms with E-state index in [4.69, 9.17) is 5.73 Å². The Morgan fingerprint density at radius 3 is 2.24 bits per heavy atom. The van der Waals surface area contributed by atoms with Crippen molar-refractivity contribution in [2.45, 2.75) is 38.2 Å². The summed E-state index contributed by atoms with van der Waals surface area (Å²) < 4.78 is 26.4. The number of piperidine rings is 1. The molecule has 1 saturated heterocycles. The van der Waals surface area contributed by atoms with Crippen LogP contribution in [0.25, 0.3) is 0 Å². The van der Waals surface area contributed by atoms with Crippen molar-refractivity contribution >= 4 is 10.0 Å². The summed E-state index contributed by atoms with van der Waals surface area (Å²) in [6, 6.07) is 7.37. The maximum atomic E-state index is 12.4. The average Bonchev–Trinajstić information content (AvgIpc) is 2.48. The number of aliphatic hydroxyl groups excluding tert-OH is 1. The first kappa shape index (κ1) is 16.4. The Kier molecular flexibility index (Phi) is 5.37. The Bertz CT molecular complexity index is 547. The molecule has 21 heavy (non-hydrogen) atoms. The molecule has 1 fully saturated rings. The van der Waals surface area contributed by atoms with Crippen molar-refractivity contribution in [3.05, 3.63) is 35.4 Å². The lowest BCUT2D eigenvalue weighted by atomic mass is 9.93. The fourth-order valence-electron chi connectivity index (χ4n) is 2.71. The summed E-state index contributed by atoms with van der Waals surface area (Å²) in [5, 5.41) is 9.57. The van der Waals surface area contributed by atoms with Gasteiger partial charge in [0.15, 0.2) is 0 Å². The van der Waals surface area contributed by atoms with Crippen LogP contribution in [-0.4, -0.2) is 37.0 Å². The summed E-state index contributed by atoms with van der Waals surface area (Å²) in [5.41, 5.74) is 7.31. The van der Waals surface area contributed by atoms with Crippen molar-refractivity contribution in [2.75, 3.05) is 13.1 Å². The van der Waals surface area contributed by atoms with Crippen molar-refractivity contribution < 1.29 is 13.5 Å². The van der Waals surface area contributed by atoms with Crippen LogP contribution in [0.15, 0.2) is 24.3 Å². The van der Waals surface area contributed by atoms with Crippen LogP contribution in [0.3, 0.4) is 0 Å². The van der Waals surface area contributed by atoms with E-state index in [1.165, 1.54) is 0 Å². The van der Waals surface area contributed by atoms with Crippen LogP contribution < -0.4 is 5.73 Å². The minimum atomic E-state index is -3.28. The minimum absolute atomic E-state index is 0.0250. The van der Waals surface area contributed by atoms with E-state index in [1.807, 2.05) is 24.3 Å². The number of hydrogen-bond acceptors (Lipinski definition) is 4. The third kappa shape index (κ3) is 4.26. The van der Waals surface area contributed by atoms with Gasteiger partial charge in [-0.25, -0.2) is 12.7 Å². The number of aliphatic hydroxyl groups is 1. The monoisotopic (exact) mass is 312 g/mol. The fourth-order valence-corrected chi connectivity index (χ4v) is 4.27. The van der Waals surface area contributed by atoms with Crippen molar-refractivity contribution in [1.29, 1.82) is 0 Å². The molecular weight excluding hydrogens is 288 g/mol. The molecule has 1 atom stereocenters. The maximum absolute atomic E-state index is 12.4. The molecule has 2 rings (SSSR count). The second kappa shape index (κ2) is 6.87. The molecule has 0 spiro atoms. The van der Waals surface area contributed by atoms with Crippen LogP contribution in [0.5, 0.6) is 0 Å². The smallest absolute Gasteiger partial charge is 0.218 e. The normalized spacial score (nSPS) is 19.6. The highest BCUT2D eigenvalue weighted by Gasteiger charge is 2.29. The molecule has 1 heterocycles. The summed E-state index contributed by atoms with van der Waals surface area (Å²) in [6.07, 6.45) is 1.09. The van der Waals surface area contributed by atoms with Gasteiger partial charge in [-0.05, 0) is 36.8 Å². The van der Waals surface area contributed by atoms with Crippen LogP contribution >= 0.6 is 0 Å². The van der Waals surface area contributed by atoms with Crippen LogP contribution in [0.4, 0.5) is 0 Å². The standard InChI is InChI=1S/C15H24N2O3S/c1-12(18)15-6-8-17(9-7-15)21(19,20)11-14-4-2-13(10-16)3-5-14/h2-5,12,15,18H,6-11,16H2,1H3. The fraction of sp³-hybridized carbons (Fsp3) is 0.600. The van der Waals surface area contributed by atoms with Crippen molar-refractivity contribution in [3.8, 4) is 0 Å². The summed E-state index contributed by atoms with van der Waals surface area (Å²) in [5.74, 6) is 0.234. The van der Waals surface area contributed by atoms with Gasteiger partial charge in [0.2, 0.25) is 10.0 Å². The van der Waals surface area contributed by atoms with Crippen molar-refractivity contribution in [2.24, 2.45) is 11.7 Å². The molecule has 0 aliphatic carbocycles. The van der Waals surface area contributed by atoms with Crippen molar-refractivity contribution in [3.63, 3.8) is 0 Å². The minimum Gasteiger partial charge on any atom is -0.393 e. The molecule has 5 nitrogen and oxygen atoms in total. The third-order valence-electron chi connectivity index (χ3n) is 4.18. The van der Waals surface area contributed by atoms with Crippen LogP contribution in [0, 0.1) is 5.92 Å². The maximum Gasteiger partial charge on any atom is 0.218 e. The van der Waals surface area contributed by atoms with Gasteiger partial charge in [-0.1, -0.05) is 24.3 Å². The topological polar surface area (TPSA) is 83.6 Å². The number of nitrogens with zero attached hydrogens (tertiary/aromatic N) is 1. The van der Waals surface area contributed by atoms with E-state index < -0.39 is 10.0 Å². The highest BCUT2D eigenvalue weighted by Crippen LogP contribution is 2.24. The number of sulfonamides is 1. The molecule has 0 saturated carbocycles. The van der Waals surface area contributed by atoms with Gasteiger partial charge in [0.25, 0.3) is 0 Å². The largest absolute Gasteiger partial charge is 0.393 e. The van der Waals surface area contributed by atoms with E-state index >= 15 is 0 Å². The molecule has 1 unspecified atom stereocenters. The Balaban J connectivity index is 1.98. The van der Waals surface area contributed by atoms with Gasteiger partial charge in [0, 0.05) is 19.6 Å². The van der Waals surface area contributed by atoms with Crippen LogP contribution in [-0.2, 0) is 22.3 Å². The van der Waals surface area contributed by atoms with Gasteiger partial charge in [0.05, 0.1) is 11.9 Å². The highest BCUT2D eigenvalue weighted by molar-refractivity contribution is 7.88. The lowest BCUT2D eigenvalue weighted by Gasteiger charge is -2.32. The summed E-state index contributed by atoms with van der Waals surface area (Å²) in [7, 11) is -3.28. The zero-order chi connectivity index (χ0) is 15.5. The van der Waals surface area contributed by atoms with E-state index in [0.717, 1.165) is 24.0 Å². The lowest BCUT2D eigenvalue weighted by molar-refractivity contribution is 0.0912. The van der Waals surface area contributed by atoms with E-state index in [1.54, 1.807) is 11.2 Å². The quantitative estimate of drug-likeness (QED) is 0.852. The van der Waals surface area contributed by atoms with Crippen LogP contribution in [0.2, 0.25) is 0 Å². The lowest BCUT2D eigenvalue weighted by Crippen LogP contribution is -2.41. The Morgan fingerprint density at radius 2 is 1.76 bits per heavy atom. The first-order chi connectivity index (χ1) is 9.92. The van der Waals surface area contributed by atoms with E-state index in [9.17, 15) is 13.5 Å². The molecule has 6 heteroatoms. The Hall–Kier alpha value is -0.950. The molecule has 1 aromatic rings. The molecule has 3 N–H and O–H groups in total. The molecule has 118 valence electrons. The Morgan fingerprint density at radius 1 is 1.24 bits per heavy atom. The molecule has 0 radical (unpaired) electrons. The number of nitrogens with two attached hydrogens (primary N) is 1. The third-order valence-corrected chi connectivity index (χ3v) is 6.03. The van der Waals surface area contributed by atoms with Gasteiger partial charge in [-0.2, -0.15) is 0 Å². The van der Waals surface area contributed by atoms with Gasteiger partial charge in [-0.3, -0.25) is 0 Å². The molecule has 0 aromatic heterocycles.